The van der Waals surface area contributed by atoms with Crippen molar-refractivity contribution >= 4 is 59.4 Å². The smallest absolute Gasteiger partial charge is 0.224 e. The fourth-order valence-electron chi connectivity index (χ4n) is 2.16. The maximum Gasteiger partial charge on any atom is 0.224 e. The second-order valence-corrected chi connectivity index (χ2v) is 7.31. The maximum atomic E-state index is 12.0. The summed E-state index contributed by atoms with van der Waals surface area (Å²) in [6.45, 7) is 2.12. The van der Waals surface area contributed by atoms with Crippen LogP contribution in [0.1, 0.15) is 19.3 Å². The predicted octanol–water partition coefficient (Wildman–Crippen LogP) is 4.30. The molecule has 1 aliphatic rings. The molecule has 1 heterocycles. The van der Waals surface area contributed by atoms with E-state index in [4.69, 9.17) is 0 Å². The first kappa shape index (κ1) is 15.5. The average molecular weight is 455 g/mol. The van der Waals surface area contributed by atoms with E-state index in [9.17, 15) is 4.79 Å². The Morgan fingerprint density at radius 3 is 2.58 bits per heavy atom. The fourth-order valence-corrected chi connectivity index (χ4v) is 4.62. The molecule has 3 nitrogen and oxygen atoms in total. The van der Waals surface area contributed by atoms with Gasteiger partial charge in [0.05, 0.1) is 5.69 Å². The van der Waals surface area contributed by atoms with E-state index in [1.807, 2.05) is 12.1 Å². The van der Waals surface area contributed by atoms with Crippen LogP contribution in [0.5, 0.6) is 0 Å². The summed E-state index contributed by atoms with van der Waals surface area (Å²) in [4.78, 5) is 12.0. The van der Waals surface area contributed by atoms with E-state index in [-0.39, 0.29) is 5.91 Å². The lowest BCUT2D eigenvalue weighted by Crippen LogP contribution is -2.15. The minimum absolute atomic E-state index is 0.0654. The van der Waals surface area contributed by atoms with Gasteiger partial charge in [0.1, 0.15) is 0 Å². The minimum Gasteiger partial charge on any atom is -0.324 e. The van der Waals surface area contributed by atoms with Crippen LogP contribution < -0.4 is 10.6 Å². The van der Waals surface area contributed by atoms with Crippen molar-refractivity contribution in [2.45, 2.75) is 19.3 Å². The summed E-state index contributed by atoms with van der Waals surface area (Å²) in [6.07, 6.45) is 2.70. The first-order valence-corrected chi connectivity index (χ1v) is 8.59. The molecule has 1 amide bonds. The Morgan fingerprint density at radius 2 is 2.00 bits per heavy atom. The van der Waals surface area contributed by atoms with Crippen molar-refractivity contribution in [2.75, 3.05) is 18.4 Å². The van der Waals surface area contributed by atoms with Crippen molar-refractivity contribution in [3.05, 3.63) is 25.6 Å². The van der Waals surface area contributed by atoms with Gasteiger partial charge in [-0.1, -0.05) is 15.9 Å². The van der Waals surface area contributed by atoms with Crippen LogP contribution in [0.2, 0.25) is 0 Å². The molecule has 0 aliphatic carbocycles. The molecule has 1 aliphatic heterocycles. The number of nitrogens with one attached hydrogen (secondary N) is 2. The van der Waals surface area contributed by atoms with Gasteiger partial charge in [0.2, 0.25) is 5.91 Å². The minimum atomic E-state index is 0.0654. The average Bonchev–Trinajstić information content (AvgIpc) is 2.84. The SMILES string of the molecule is O=C(CCC1CCNC1)Nc1c(Br)cc(Br)cc1Br. The summed E-state index contributed by atoms with van der Waals surface area (Å²) in [6, 6.07) is 3.84. The molecule has 1 fully saturated rings. The molecule has 0 radical (unpaired) electrons. The van der Waals surface area contributed by atoms with Gasteiger partial charge in [-0.2, -0.15) is 0 Å². The zero-order valence-corrected chi connectivity index (χ0v) is 15.1. The molecule has 0 saturated carbocycles. The van der Waals surface area contributed by atoms with Gasteiger partial charge in [-0.3, -0.25) is 4.79 Å². The number of anilines is 1. The van der Waals surface area contributed by atoms with Gasteiger partial charge in [-0.05, 0) is 75.8 Å². The topological polar surface area (TPSA) is 41.1 Å². The number of benzene rings is 1. The van der Waals surface area contributed by atoms with Crippen molar-refractivity contribution in [3.63, 3.8) is 0 Å². The quantitative estimate of drug-likeness (QED) is 0.712. The monoisotopic (exact) mass is 452 g/mol. The second kappa shape index (κ2) is 7.20. The fraction of sp³-hybridized carbons (Fsp3) is 0.462. The van der Waals surface area contributed by atoms with Gasteiger partial charge in [0.15, 0.2) is 0 Å². The molecule has 1 atom stereocenters. The van der Waals surface area contributed by atoms with Crippen LogP contribution in [0.15, 0.2) is 25.6 Å². The summed E-state index contributed by atoms with van der Waals surface area (Å²) in [5.41, 5.74) is 0.790. The van der Waals surface area contributed by atoms with Gasteiger partial charge in [0.25, 0.3) is 0 Å². The molecular weight excluding hydrogens is 440 g/mol. The van der Waals surface area contributed by atoms with E-state index in [1.54, 1.807) is 0 Å². The van der Waals surface area contributed by atoms with Crippen LogP contribution in [0, 0.1) is 5.92 Å². The van der Waals surface area contributed by atoms with Crippen LogP contribution in [-0.4, -0.2) is 19.0 Å². The van der Waals surface area contributed by atoms with Crippen molar-refractivity contribution in [2.24, 2.45) is 5.92 Å². The molecule has 6 heteroatoms. The summed E-state index contributed by atoms with van der Waals surface area (Å²) in [5, 5.41) is 6.27. The third-order valence-corrected chi connectivity index (χ3v) is 4.92. The highest BCUT2D eigenvalue weighted by Crippen LogP contribution is 2.34. The van der Waals surface area contributed by atoms with Gasteiger partial charge in [-0.15, -0.1) is 0 Å². The lowest BCUT2D eigenvalue weighted by Gasteiger charge is -2.12. The summed E-state index contributed by atoms with van der Waals surface area (Å²) < 4.78 is 2.69. The maximum absolute atomic E-state index is 12.0. The number of rotatable bonds is 4. The molecular formula is C13H15Br3N2O. The third-order valence-electron chi connectivity index (χ3n) is 3.21. The van der Waals surface area contributed by atoms with Crippen LogP contribution in [-0.2, 0) is 4.79 Å². The number of amides is 1. The van der Waals surface area contributed by atoms with Gasteiger partial charge >= 0.3 is 0 Å². The first-order chi connectivity index (χ1) is 9.06. The van der Waals surface area contributed by atoms with Crippen LogP contribution in [0.3, 0.4) is 0 Å². The first-order valence-electron chi connectivity index (χ1n) is 6.21. The summed E-state index contributed by atoms with van der Waals surface area (Å²) in [5.74, 6) is 0.707. The molecule has 0 bridgehead atoms. The Hall–Kier alpha value is 0.0900. The molecule has 104 valence electrons. The molecule has 19 heavy (non-hydrogen) atoms. The second-order valence-electron chi connectivity index (χ2n) is 4.69. The zero-order valence-electron chi connectivity index (χ0n) is 10.3. The van der Waals surface area contributed by atoms with E-state index in [1.165, 1.54) is 6.42 Å². The number of halogens is 3. The van der Waals surface area contributed by atoms with Crippen molar-refractivity contribution in [1.82, 2.24) is 5.32 Å². The Bertz CT molecular complexity index is 450. The predicted molar refractivity (Wildman–Crippen MR) is 88.4 cm³/mol. The summed E-state index contributed by atoms with van der Waals surface area (Å²) >= 11 is 10.3. The van der Waals surface area contributed by atoms with Gasteiger partial charge in [-0.25, -0.2) is 0 Å². The van der Waals surface area contributed by atoms with Gasteiger partial charge in [0, 0.05) is 19.8 Å². The Kier molecular flexibility index (Phi) is 5.87. The number of carbonyl (C=O) groups excluding carboxylic acids is 1. The van der Waals surface area contributed by atoms with E-state index >= 15 is 0 Å². The largest absolute Gasteiger partial charge is 0.324 e. The summed E-state index contributed by atoms with van der Waals surface area (Å²) in [7, 11) is 0. The molecule has 1 aromatic rings. The Labute approximate surface area is 138 Å². The molecule has 2 rings (SSSR count). The highest BCUT2D eigenvalue weighted by atomic mass is 79.9. The molecule has 2 N–H and O–H groups in total. The Morgan fingerprint density at radius 1 is 1.32 bits per heavy atom. The van der Waals surface area contributed by atoms with Crippen molar-refractivity contribution in [1.29, 1.82) is 0 Å². The zero-order chi connectivity index (χ0) is 13.8. The lowest BCUT2D eigenvalue weighted by molar-refractivity contribution is -0.116. The molecule has 1 aromatic carbocycles. The highest BCUT2D eigenvalue weighted by molar-refractivity contribution is 9.11. The lowest BCUT2D eigenvalue weighted by atomic mass is 10.0. The van der Waals surface area contributed by atoms with Crippen LogP contribution >= 0.6 is 47.8 Å². The standard InChI is InChI=1S/C13H15Br3N2O/c14-9-5-10(15)13(11(16)6-9)18-12(19)2-1-8-3-4-17-7-8/h5-6,8,17H,1-4,7H2,(H,18,19). The number of carbonyl (C=O) groups is 1. The molecule has 1 saturated heterocycles. The molecule has 0 aromatic heterocycles. The Balaban J connectivity index is 1.91. The van der Waals surface area contributed by atoms with Crippen molar-refractivity contribution in [3.8, 4) is 0 Å². The van der Waals surface area contributed by atoms with Crippen LogP contribution in [0.25, 0.3) is 0 Å². The van der Waals surface area contributed by atoms with E-state index in [0.717, 1.165) is 38.6 Å². The van der Waals surface area contributed by atoms with E-state index in [0.29, 0.717) is 12.3 Å². The van der Waals surface area contributed by atoms with E-state index < -0.39 is 0 Å². The number of hydrogen-bond donors (Lipinski definition) is 2. The van der Waals surface area contributed by atoms with Crippen molar-refractivity contribution < 1.29 is 4.79 Å². The normalized spacial score (nSPS) is 18.6. The molecule has 1 unspecified atom stereocenters. The highest BCUT2D eigenvalue weighted by Gasteiger charge is 2.16. The van der Waals surface area contributed by atoms with Crippen LogP contribution in [0.4, 0.5) is 5.69 Å². The third kappa shape index (κ3) is 4.55. The van der Waals surface area contributed by atoms with E-state index in [2.05, 4.69) is 58.4 Å². The van der Waals surface area contributed by atoms with Gasteiger partial charge < -0.3 is 10.6 Å². The number of hydrogen-bond acceptors (Lipinski definition) is 2. The molecule has 0 spiro atoms.